The number of Topliss-reactive ketones (excluding diaryl/α,β-unsaturated/α-hetero) is 1. The number of furan rings is 1. The molecule has 1 atom stereocenters. The molecule has 0 bridgehead atoms. The van der Waals surface area contributed by atoms with Gasteiger partial charge in [-0.3, -0.25) is 9.59 Å². The van der Waals surface area contributed by atoms with Gasteiger partial charge in [0, 0.05) is 12.0 Å². The van der Waals surface area contributed by atoms with Gasteiger partial charge in [0.1, 0.15) is 11.8 Å². The van der Waals surface area contributed by atoms with E-state index in [4.69, 9.17) is 13.9 Å². The molecular formula is C23H21NO6. The summed E-state index contributed by atoms with van der Waals surface area (Å²) in [6.45, 7) is -0.437. The zero-order valence-electron chi connectivity index (χ0n) is 16.4. The van der Waals surface area contributed by atoms with Gasteiger partial charge in [-0.1, -0.05) is 30.3 Å². The second-order valence-electron chi connectivity index (χ2n) is 6.45. The van der Waals surface area contributed by atoms with Crippen LogP contribution in [0.5, 0.6) is 5.75 Å². The zero-order valence-corrected chi connectivity index (χ0v) is 16.4. The number of carbonyl (C=O) groups excluding carboxylic acids is 3. The third kappa shape index (κ3) is 5.57. The SMILES string of the molecule is COc1ccc(C(=O)COC(=O)[C@@H](Cc2ccccc2)NC(=O)c2ccco2)cc1. The average molecular weight is 407 g/mol. The Morgan fingerprint density at radius 1 is 0.967 bits per heavy atom. The fourth-order valence-corrected chi connectivity index (χ4v) is 2.78. The van der Waals surface area contributed by atoms with Gasteiger partial charge >= 0.3 is 5.97 Å². The Morgan fingerprint density at radius 2 is 1.70 bits per heavy atom. The van der Waals surface area contributed by atoms with Gasteiger partial charge in [0.2, 0.25) is 0 Å². The lowest BCUT2D eigenvalue weighted by Crippen LogP contribution is -2.43. The summed E-state index contributed by atoms with van der Waals surface area (Å²) in [5.74, 6) is -0.913. The number of hydrogen-bond acceptors (Lipinski definition) is 6. The standard InChI is InChI=1S/C23H21NO6/c1-28-18-11-9-17(10-12-18)20(25)15-30-23(27)19(14-16-6-3-2-4-7-16)24-22(26)21-8-5-13-29-21/h2-13,19H,14-15H2,1H3,(H,24,26)/t19-/m1/s1. The molecule has 3 rings (SSSR count). The summed E-state index contributed by atoms with van der Waals surface area (Å²) in [5.41, 5.74) is 1.23. The highest BCUT2D eigenvalue weighted by atomic mass is 16.5. The van der Waals surface area contributed by atoms with Gasteiger partial charge in [-0.05, 0) is 42.0 Å². The number of rotatable bonds is 9. The minimum Gasteiger partial charge on any atom is -0.497 e. The highest BCUT2D eigenvalue weighted by Crippen LogP contribution is 2.12. The van der Waals surface area contributed by atoms with Crippen LogP contribution in [0, 0.1) is 0 Å². The Bertz CT molecular complexity index is 980. The number of ether oxygens (including phenoxy) is 2. The van der Waals surface area contributed by atoms with E-state index in [1.165, 1.54) is 19.4 Å². The van der Waals surface area contributed by atoms with Gasteiger partial charge in [0.25, 0.3) is 5.91 Å². The van der Waals surface area contributed by atoms with Crippen molar-refractivity contribution in [3.63, 3.8) is 0 Å². The van der Waals surface area contributed by atoms with Crippen molar-refractivity contribution >= 4 is 17.7 Å². The van der Waals surface area contributed by atoms with E-state index < -0.39 is 24.5 Å². The fourth-order valence-electron chi connectivity index (χ4n) is 2.78. The summed E-state index contributed by atoms with van der Waals surface area (Å²) < 4.78 is 15.3. The molecule has 2 aromatic carbocycles. The van der Waals surface area contributed by atoms with E-state index in [1.807, 2.05) is 30.3 Å². The quantitative estimate of drug-likeness (QED) is 0.433. The molecule has 7 heteroatoms. The molecule has 0 aliphatic carbocycles. The molecule has 1 N–H and O–H groups in total. The molecule has 0 spiro atoms. The van der Waals surface area contributed by atoms with Gasteiger partial charge in [-0.15, -0.1) is 0 Å². The molecule has 30 heavy (non-hydrogen) atoms. The van der Waals surface area contributed by atoms with Crippen LogP contribution in [0.3, 0.4) is 0 Å². The largest absolute Gasteiger partial charge is 0.497 e. The lowest BCUT2D eigenvalue weighted by molar-refractivity contribution is -0.144. The van der Waals surface area contributed by atoms with Crippen molar-refractivity contribution in [2.45, 2.75) is 12.5 Å². The molecule has 0 radical (unpaired) electrons. The van der Waals surface area contributed by atoms with Gasteiger partial charge < -0.3 is 19.2 Å². The Kier molecular flexibility index (Phi) is 7.00. The van der Waals surface area contributed by atoms with Crippen molar-refractivity contribution in [3.8, 4) is 5.75 Å². The summed E-state index contributed by atoms with van der Waals surface area (Å²) >= 11 is 0. The fraction of sp³-hybridized carbons (Fsp3) is 0.174. The first kappa shape index (κ1) is 20.9. The molecule has 1 heterocycles. The number of esters is 1. The Hall–Kier alpha value is -3.87. The highest BCUT2D eigenvalue weighted by Gasteiger charge is 2.25. The van der Waals surface area contributed by atoms with E-state index in [0.29, 0.717) is 11.3 Å². The Balaban J connectivity index is 1.65. The maximum atomic E-state index is 12.6. The number of hydrogen-bond donors (Lipinski definition) is 1. The normalized spacial score (nSPS) is 11.4. The van der Waals surface area contributed by atoms with Crippen LogP contribution < -0.4 is 10.1 Å². The maximum absolute atomic E-state index is 12.6. The summed E-state index contributed by atoms with van der Waals surface area (Å²) in [7, 11) is 1.53. The highest BCUT2D eigenvalue weighted by molar-refractivity contribution is 5.99. The number of ketones is 1. The van der Waals surface area contributed by atoms with E-state index in [2.05, 4.69) is 5.32 Å². The number of methoxy groups -OCH3 is 1. The van der Waals surface area contributed by atoms with Crippen LogP contribution in [-0.4, -0.2) is 37.4 Å². The number of carbonyl (C=O) groups is 3. The average Bonchev–Trinajstić information content (AvgIpc) is 3.32. The van der Waals surface area contributed by atoms with Crippen molar-refractivity contribution < 1.29 is 28.3 Å². The van der Waals surface area contributed by atoms with Crippen LogP contribution in [0.4, 0.5) is 0 Å². The predicted octanol–water partition coefficient (Wildman–Crippen LogP) is 3.06. The molecule has 0 unspecified atom stereocenters. The lowest BCUT2D eigenvalue weighted by Gasteiger charge is -2.17. The molecule has 0 aliphatic heterocycles. The lowest BCUT2D eigenvalue weighted by atomic mass is 10.1. The smallest absolute Gasteiger partial charge is 0.329 e. The van der Waals surface area contributed by atoms with E-state index in [9.17, 15) is 14.4 Å². The number of amides is 1. The molecule has 3 aromatic rings. The monoisotopic (exact) mass is 407 g/mol. The van der Waals surface area contributed by atoms with E-state index in [1.54, 1.807) is 30.3 Å². The van der Waals surface area contributed by atoms with Gasteiger partial charge in [-0.25, -0.2) is 4.79 Å². The first-order valence-corrected chi connectivity index (χ1v) is 9.29. The summed E-state index contributed by atoms with van der Waals surface area (Å²) in [6, 6.07) is 17.8. The first-order valence-electron chi connectivity index (χ1n) is 9.29. The third-order valence-electron chi connectivity index (χ3n) is 4.37. The van der Waals surface area contributed by atoms with Crippen molar-refractivity contribution in [2.24, 2.45) is 0 Å². The van der Waals surface area contributed by atoms with Crippen molar-refractivity contribution in [1.29, 1.82) is 0 Å². The van der Waals surface area contributed by atoms with Crippen molar-refractivity contribution in [2.75, 3.05) is 13.7 Å². The molecule has 7 nitrogen and oxygen atoms in total. The van der Waals surface area contributed by atoms with Crippen LogP contribution in [-0.2, 0) is 16.0 Å². The number of benzene rings is 2. The summed E-state index contributed by atoms with van der Waals surface area (Å²) in [4.78, 5) is 37.3. The second-order valence-corrected chi connectivity index (χ2v) is 6.45. The van der Waals surface area contributed by atoms with Crippen molar-refractivity contribution in [1.82, 2.24) is 5.32 Å². The molecule has 0 fully saturated rings. The second kappa shape index (κ2) is 10.1. The predicted molar refractivity (Wildman–Crippen MR) is 108 cm³/mol. The summed E-state index contributed by atoms with van der Waals surface area (Å²) in [5, 5.41) is 2.61. The van der Waals surface area contributed by atoms with E-state index >= 15 is 0 Å². The van der Waals surface area contributed by atoms with Crippen LogP contribution in [0.15, 0.2) is 77.4 Å². The van der Waals surface area contributed by atoms with Crippen LogP contribution in [0.1, 0.15) is 26.5 Å². The van der Waals surface area contributed by atoms with Crippen molar-refractivity contribution in [3.05, 3.63) is 89.9 Å². The Morgan fingerprint density at radius 3 is 2.33 bits per heavy atom. The summed E-state index contributed by atoms with van der Waals surface area (Å²) in [6.07, 6.45) is 1.58. The molecule has 0 saturated heterocycles. The topological polar surface area (TPSA) is 94.8 Å². The van der Waals surface area contributed by atoms with Gasteiger partial charge in [-0.2, -0.15) is 0 Å². The minimum atomic E-state index is -0.978. The van der Waals surface area contributed by atoms with E-state index in [-0.39, 0.29) is 18.0 Å². The van der Waals surface area contributed by atoms with Crippen LogP contribution in [0.25, 0.3) is 0 Å². The Labute approximate surface area is 173 Å². The number of nitrogens with one attached hydrogen (secondary N) is 1. The molecule has 154 valence electrons. The molecular weight excluding hydrogens is 386 g/mol. The molecule has 0 saturated carbocycles. The van der Waals surface area contributed by atoms with Crippen LogP contribution >= 0.6 is 0 Å². The van der Waals surface area contributed by atoms with Gasteiger partial charge in [0.05, 0.1) is 13.4 Å². The minimum absolute atomic E-state index is 0.0789. The van der Waals surface area contributed by atoms with E-state index in [0.717, 1.165) is 5.56 Å². The maximum Gasteiger partial charge on any atom is 0.329 e. The van der Waals surface area contributed by atoms with Crippen LogP contribution in [0.2, 0.25) is 0 Å². The first-order chi connectivity index (χ1) is 14.6. The molecule has 1 aromatic heterocycles. The van der Waals surface area contributed by atoms with Gasteiger partial charge in [0.15, 0.2) is 18.2 Å². The molecule has 1 amide bonds. The third-order valence-corrected chi connectivity index (χ3v) is 4.37. The molecule has 0 aliphatic rings. The zero-order chi connectivity index (χ0) is 21.3.